The lowest BCUT2D eigenvalue weighted by atomic mass is 10.0. The highest BCUT2D eigenvalue weighted by Crippen LogP contribution is 2.33. The van der Waals surface area contributed by atoms with Gasteiger partial charge in [0.25, 0.3) is 0 Å². The van der Waals surface area contributed by atoms with Crippen LogP contribution in [-0.4, -0.2) is 44.7 Å². The first kappa shape index (κ1) is 13.9. The first-order valence-corrected chi connectivity index (χ1v) is 7.46. The Bertz CT molecular complexity index is 885. The second-order valence-electron chi connectivity index (χ2n) is 6.31. The van der Waals surface area contributed by atoms with Gasteiger partial charge in [-0.2, -0.15) is 5.10 Å². The molecule has 0 radical (unpaired) electrons. The molecule has 0 aromatic carbocycles. The molecule has 0 saturated heterocycles. The summed E-state index contributed by atoms with van der Waals surface area (Å²) in [5.74, 6) is 0.905. The number of aliphatic imine (C=N–C) groups is 1. The summed E-state index contributed by atoms with van der Waals surface area (Å²) in [7, 11) is 0. The van der Waals surface area contributed by atoms with Crippen LogP contribution in [0, 0.1) is 0 Å². The molecular weight excluding hydrogens is 295 g/mol. The number of H-pyrrole nitrogens is 1. The van der Waals surface area contributed by atoms with Crippen molar-refractivity contribution in [1.29, 1.82) is 0 Å². The van der Waals surface area contributed by atoms with Crippen molar-refractivity contribution in [2.75, 3.05) is 18.1 Å². The third kappa shape index (κ3) is 2.48. The van der Waals surface area contributed by atoms with E-state index >= 15 is 0 Å². The highest BCUT2D eigenvalue weighted by atomic mass is 19.1. The van der Waals surface area contributed by atoms with Crippen LogP contribution in [-0.2, 0) is 0 Å². The van der Waals surface area contributed by atoms with Gasteiger partial charge < -0.3 is 9.88 Å². The van der Waals surface area contributed by atoms with Crippen molar-refractivity contribution in [1.82, 2.24) is 19.6 Å². The molecule has 0 saturated carbocycles. The van der Waals surface area contributed by atoms with Gasteiger partial charge in [-0.25, -0.2) is 13.9 Å². The summed E-state index contributed by atoms with van der Waals surface area (Å²) in [4.78, 5) is 13.8. The Morgan fingerprint density at radius 3 is 3.09 bits per heavy atom. The Kier molecular flexibility index (Phi) is 2.97. The number of rotatable bonds is 3. The maximum absolute atomic E-state index is 14.0. The number of anilines is 1. The van der Waals surface area contributed by atoms with E-state index in [1.807, 2.05) is 35.6 Å². The van der Waals surface area contributed by atoms with Crippen molar-refractivity contribution in [3.8, 4) is 11.1 Å². The Balaban J connectivity index is 1.76. The first-order valence-electron chi connectivity index (χ1n) is 7.46. The van der Waals surface area contributed by atoms with Crippen LogP contribution in [0.1, 0.15) is 19.4 Å². The number of hydrogen-bond acceptors (Lipinski definition) is 4. The number of nitrogens with one attached hydrogen (secondary N) is 1. The first-order chi connectivity index (χ1) is 11.0. The molecule has 23 heavy (non-hydrogen) atoms. The highest BCUT2D eigenvalue weighted by Gasteiger charge is 2.26. The van der Waals surface area contributed by atoms with E-state index in [0.717, 1.165) is 28.2 Å². The molecule has 0 aliphatic carbocycles. The number of alkyl halides is 1. The molecule has 4 rings (SSSR count). The van der Waals surface area contributed by atoms with Gasteiger partial charge >= 0.3 is 0 Å². The summed E-state index contributed by atoms with van der Waals surface area (Å²) in [5, 5.41) is 4.10. The van der Waals surface area contributed by atoms with E-state index in [4.69, 9.17) is 0 Å². The molecule has 118 valence electrons. The SMILES string of the molecule is CC(C)(F)CN1CN=Cc2c(-c3ccn4ncnc4c3)c[nH]c21. The van der Waals surface area contributed by atoms with Crippen LogP contribution in [0.5, 0.6) is 0 Å². The van der Waals surface area contributed by atoms with Crippen molar-refractivity contribution in [3.63, 3.8) is 0 Å². The smallest absolute Gasteiger partial charge is 0.155 e. The lowest BCUT2D eigenvalue weighted by Gasteiger charge is -2.29. The zero-order valence-corrected chi connectivity index (χ0v) is 13.0. The molecule has 0 unspecified atom stereocenters. The van der Waals surface area contributed by atoms with Crippen LogP contribution in [0.15, 0.2) is 35.8 Å². The molecule has 7 heteroatoms. The molecule has 3 aromatic rings. The Labute approximate surface area is 132 Å². The summed E-state index contributed by atoms with van der Waals surface area (Å²) in [6, 6.07) is 3.96. The van der Waals surface area contributed by atoms with Crippen molar-refractivity contribution in [2.45, 2.75) is 19.5 Å². The predicted octanol–water partition coefficient (Wildman–Crippen LogP) is 2.67. The number of aromatic amines is 1. The van der Waals surface area contributed by atoms with Gasteiger partial charge in [-0.05, 0) is 31.5 Å². The van der Waals surface area contributed by atoms with Crippen molar-refractivity contribution in [2.24, 2.45) is 4.99 Å². The van der Waals surface area contributed by atoms with E-state index in [-0.39, 0.29) is 0 Å². The largest absolute Gasteiger partial charge is 0.347 e. The van der Waals surface area contributed by atoms with Gasteiger partial charge in [0, 0.05) is 29.7 Å². The molecule has 1 N–H and O–H groups in total. The fraction of sp³-hybridized carbons (Fsp3) is 0.312. The fourth-order valence-electron chi connectivity index (χ4n) is 2.92. The maximum Gasteiger partial charge on any atom is 0.155 e. The van der Waals surface area contributed by atoms with Crippen LogP contribution < -0.4 is 4.90 Å². The topological polar surface area (TPSA) is 61.6 Å². The zero-order valence-electron chi connectivity index (χ0n) is 13.0. The number of aromatic nitrogens is 4. The molecule has 0 atom stereocenters. The third-order valence-electron chi connectivity index (χ3n) is 3.85. The lowest BCUT2D eigenvalue weighted by molar-refractivity contribution is 0.222. The van der Waals surface area contributed by atoms with Crippen LogP contribution in [0.3, 0.4) is 0 Å². The molecule has 3 aromatic heterocycles. The van der Waals surface area contributed by atoms with Gasteiger partial charge in [0.1, 0.15) is 24.5 Å². The minimum absolute atomic E-state index is 0.292. The van der Waals surface area contributed by atoms with Gasteiger partial charge in [-0.3, -0.25) is 4.99 Å². The summed E-state index contributed by atoms with van der Waals surface area (Å²) in [6.45, 7) is 3.91. The summed E-state index contributed by atoms with van der Waals surface area (Å²) >= 11 is 0. The second kappa shape index (κ2) is 4.91. The summed E-state index contributed by atoms with van der Waals surface area (Å²) < 4.78 is 15.7. The van der Waals surface area contributed by atoms with Crippen LogP contribution in [0.2, 0.25) is 0 Å². The van der Waals surface area contributed by atoms with Gasteiger partial charge in [0.15, 0.2) is 5.65 Å². The Morgan fingerprint density at radius 2 is 2.26 bits per heavy atom. The average Bonchev–Trinajstić information content (AvgIpc) is 3.11. The number of hydrogen-bond donors (Lipinski definition) is 1. The monoisotopic (exact) mass is 312 g/mol. The van der Waals surface area contributed by atoms with E-state index in [0.29, 0.717) is 13.2 Å². The van der Waals surface area contributed by atoms with Gasteiger partial charge in [0.05, 0.1) is 6.54 Å². The quantitative estimate of drug-likeness (QED) is 0.809. The van der Waals surface area contributed by atoms with E-state index in [1.54, 1.807) is 18.4 Å². The van der Waals surface area contributed by atoms with E-state index in [1.165, 1.54) is 6.33 Å². The Morgan fingerprint density at radius 1 is 1.39 bits per heavy atom. The molecule has 1 aliphatic rings. The molecule has 0 bridgehead atoms. The molecule has 1 aliphatic heterocycles. The lowest BCUT2D eigenvalue weighted by Crippen LogP contribution is -2.38. The number of fused-ring (bicyclic) bond motifs is 2. The standard InChI is InChI=1S/C16H17FN6/c1-16(2,17)8-22-10-18-6-13-12(7-19-15(13)22)11-3-4-23-14(5-11)20-9-21-23/h3-7,9,19H,8,10H2,1-2H3. The molecular formula is C16H17FN6. The van der Waals surface area contributed by atoms with Gasteiger partial charge in [0.2, 0.25) is 0 Å². The number of halogens is 1. The summed E-state index contributed by atoms with van der Waals surface area (Å²) in [5.41, 5.74) is 2.53. The normalized spacial score (nSPS) is 14.5. The Hall–Kier alpha value is -2.70. The summed E-state index contributed by atoms with van der Waals surface area (Å²) in [6.07, 6.45) is 7.18. The van der Waals surface area contributed by atoms with Crippen molar-refractivity contribution in [3.05, 3.63) is 36.4 Å². The van der Waals surface area contributed by atoms with Crippen LogP contribution in [0.25, 0.3) is 16.8 Å². The van der Waals surface area contributed by atoms with Gasteiger partial charge in [-0.15, -0.1) is 0 Å². The predicted molar refractivity (Wildman–Crippen MR) is 87.8 cm³/mol. The number of pyridine rings is 1. The molecule has 6 nitrogen and oxygen atoms in total. The second-order valence-corrected chi connectivity index (χ2v) is 6.31. The molecule has 0 amide bonds. The fourth-order valence-corrected chi connectivity index (χ4v) is 2.92. The minimum Gasteiger partial charge on any atom is -0.347 e. The highest BCUT2D eigenvalue weighted by molar-refractivity contribution is 5.98. The van der Waals surface area contributed by atoms with E-state index in [2.05, 4.69) is 20.1 Å². The van der Waals surface area contributed by atoms with Crippen LogP contribution >= 0.6 is 0 Å². The van der Waals surface area contributed by atoms with E-state index in [9.17, 15) is 4.39 Å². The third-order valence-corrected chi connectivity index (χ3v) is 3.85. The van der Waals surface area contributed by atoms with Crippen molar-refractivity contribution >= 4 is 17.7 Å². The zero-order chi connectivity index (χ0) is 16.0. The number of nitrogens with zero attached hydrogens (tertiary/aromatic N) is 5. The minimum atomic E-state index is -1.28. The molecule has 4 heterocycles. The molecule has 0 fully saturated rings. The van der Waals surface area contributed by atoms with Crippen LogP contribution in [0.4, 0.5) is 10.2 Å². The average molecular weight is 312 g/mol. The van der Waals surface area contributed by atoms with E-state index < -0.39 is 5.67 Å². The van der Waals surface area contributed by atoms with Gasteiger partial charge in [-0.1, -0.05) is 0 Å². The maximum atomic E-state index is 14.0. The molecule has 0 spiro atoms. The van der Waals surface area contributed by atoms with Crippen molar-refractivity contribution < 1.29 is 4.39 Å².